The number of nitrogens with zero attached hydrogens (tertiary/aromatic N) is 2. The van der Waals surface area contributed by atoms with Crippen molar-refractivity contribution in [3.8, 4) is 0 Å². The second-order valence-electron chi connectivity index (χ2n) is 6.15. The van der Waals surface area contributed by atoms with Gasteiger partial charge in [-0.1, -0.05) is 0 Å². The molecule has 0 spiro atoms. The lowest BCUT2D eigenvalue weighted by atomic mass is 10.2. The number of halogens is 4. The standard InChI is InChI=1S/C16H17F4N3O2S/c17-12-4-6-13(7-5-12)26(24,25)21-8-1-9-23-14(11-2-3-11)10-15(22-23)16(18,19)20/h4-7,10-11,21H,1-3,8-9H2. The Bertz CT molecular complexity index is 872. The number of nitrogens with one attached hydrogen (secondary N) is 1. The summed E-state index contributed by atoms with van der Waals surface area (Å²) in [5.74, 6) is -0.454. The molecule has 10 heteroatoms. The lowest BCUT2D eigenvalue weighted by Gasteiger charge is -2.09. The van der Waals surface area contributed by atoms with Crippen molar-refractivity contribution in [1.29, 1.82) is 0 Å². The van der Waals surface area contributed by atoms with Crippen molar-refractivity contribution >= 4 is 10.0 Å². The maximum Gasteiger partial charge on any atom is 0.435 e. The van der Waals surface area contributed by atoms with Gasteiger partial charge in [0.05, 0.1) is 4.90 Å². The molecular formula is C16H17F4N3O2S. The van der Waals surface area contributed by atoms with Crippen LogP contribution in [0.25, 0.3) is 0 Å². The van der Waals surface area contributed by atoms with Crippen molar-refractivity contribution in [3.63, 3.8) is 0 Å². The molecule has 1 aromatic heterocycles. The third-order valence-electron chi connectivity index (χ3n) is 4.06. The van der Waals surface area contributed by atoms with E-state index in [2.05, 4.69) is 9.82 Å². The van der Waals surface area contributed by atoms with Gasteiger partial charge < -0.3 is 0 Å². The first-order valence-electron chi connectivity index (χ1n) is 8.07. The lowest BCUT2D eigenvalue weighted by Crippen LogP contribution is -2.25. The quantitative estimate of drug-likeness (QED) is 0.582. The molecule has 1 aromatic carbocycles. The molecule has 3 rings (SSSR count). The number of aromatic nitrogens is 2. The smallest absolute Gasteiger partial charge is 0.269 e. The highest BCUT2D eigenvalue weighted by Crippen LogP contribution is 2.42. The van der Waals surface area contributed by atoms with E-state index < -0.39 is 27.7 Å². The van der Waals surface area contributed by atoms with E-state index in [4.69, 9.17) is 0 Å². The van der Waals surface area contributed by atoms with Crippen molar-refractivity contribution in [1.82, 2.24) is 14.5 Å². The summed E-state index contributed by atoms with van der Waals surface area (Å²) in [6.07, 6.45) is -2.56. The monoisotopic (exact) mass is 391 g/mol. The fourth-order valence-electron chi connectivity index (χ4n) is 2.59. The molecule has 1 aliphatic carbocycles. The van der Waals surface area contributed by atoms with Gasteiger partial charge in [0.1, 0.15) is 5.82 Å². The summed E-state index contributed by atoms with van der Waals surface area (Å²) < 4.78 is 79.2. The molecule has 1 fully saturated rings. The molecule has 142 valence electrons. The van der Waals surface area contributed by atoms with Gasteiger partial charge >= 0.3 is 6.18 Å². The van der Waals surface area contributed by atoms with Gasteiger partial charge in [-0.25, -0.2) is 17.5 Å². The zero-order valence-electron chi connectivity index (χ0n) is 13.6. The number of rotatable bonds is 7. The van der Waals surface area contributed by atoms with Crippen LogP contribution in [-0.2, 0) is 22.7 Å². The van der Waals surface area contributed by atoms with Crippen molar-refractivity contribution in [2.24, 2.45) is 0 Å². The van der Waals surface area contributed by atoms with Gasteiger partial charge in [0.2, 0.25) is 10.0 Å². The predicted octanol–water partition coefficient (Wildman–Crippen LogP) is 3.29. The minimum atomic E-state index is -4.50. The van der Waals surface area contributed by atoms with Gasteiger partial charge in [-0.05, 0) is 49.6 Å². The third kappa shape index (κ3) is 4.42. The Balaban J connectivity index is 1.60. The van der Waals surface area contributed by atoms with Crippen LogP contribution in [0.3, 0.4) is 0 Å². The maximum absolute atomic E-state index is 12.9. The molecule has 0 aliphatic heterocycles. The molecule has 1 heterocycles. The molecule has 0 atom stereocenters. The van der Waals surface area contributed by atoms with Gasteiger partial charge in [0.15, 0.2) is 5.69 Å². The number of aryl methyl sites for hydroxylation is 1. The number of hydrogen-bond donors (Lipinski definition) is 1. The van der Waals surface area contributed by atoms with E-state index >= 15 is 0 Å². The fourth-order valence-corrected chi connectivity index (χ4v) is 3.66. The summed E-state index contributed by atoms with van der Waals surface area (Å²) in [4.78, 5) is -0.0731. The molecule has 0 unspecified atom stereocenters. The third-order valence-corrected chi connectivity index (χ3v) is 5.54. The van der Waals surface area contributed by atoms with E-state index in [0.717, 1.165) is 43.2 Å². The minimum absolute atomic E-state index is 0.0328. The Morgan fingerprint density at radius 3 is 2.42 bits per heavy atom. The van der Waals surface area contributed by atoms with Crippen molar-refractivity contribution in [2.45, 2.75) is 42.8 Å². The average molecular weight is 391 g/mol. The second kappa shape index (κ2) is 6.99. The van der Waals surface area contributed by atoms with E-state index in [1.54, 1.807) is 0 Å². The van der Waals surface area contributed by atoms with E-state index in [1.165, 1.54) is 4.68 Å². The summed E-state index contributed by atoms with van der Waals surface area (Å²) in [5, 5.41) is 3.62. The van der Waals surface area contributed by atoms with Gasteiger partial charge in [-0.2, -0.15) is 18.3 Å². The van der Waals surface area contributed by atoms with Crippen molar-refractivity contribution < 1.29 is 26.0 Å². The molecule has 1 N–H and O–H groups in total. The first kappa shape index (κ1) is 18.8. The second-order valence-corrected chi connectivity index (χ2v) is 7.92. The highest BCUT2D eigenvalue weighted by Gasteiger charge is 2.37. The number of sulfonamides is 1. The molecule has 0 bridgehead atoms. The van der Waals surface area contributed by atoms with Gasteiger partial charge in [-0.3, -0.25) is 4.68 Å². The number of alkyl halides is 3. The Labute approximate surface area is 148 Å². The average Bonchev–Trinajstić information content (AvgIpc) is 3.30. The Morgan fingerprint density at radius 1 is 1.19 bits per heavy atom. The topological polar surface area (TPSA) is 64.0 Å². The SMILES string of the molecule is O=S(=O)(NCCCn1nc(C(F)(F)F)cc1C1CC1)c1ccc(F)cc1. The summed E-state index contributed by atoms with van der Waals surface area (Å²) in [6.45, 7) is 0.207. The fraction of sp³-hybridized carbons (Fsp3) is 0.438. The Morgan fingerprint density at radius 2 is 1.85 bits per heavy atom. The molecule has 0 amide bonds. The van der Waals surface area contributed by atoms with Crippen molar-refractivity contribution in [3.05, 3.63) is 47.5 Å². The van der Waals surface area contributed by atoms with Gasteiger partial charge in [0.25, 0.3) is 0 Å². The normalized spacial score (nSPS) is 15.4. The van der Waals surface area contributed by atoms with E-state index in [1.807, 2.05) is 0 Å². The Hall–Kier alpha value is -1.94. The van der Waals surface area contributed by atoms with Crippen molar-refractivity contribution in [2.75, 3.05) is 6.54 Å². The van der Waals surface area contributed by atoms with Crippen LogP contribution in [0.1, 0.15) is 36.6 Å². The van der Waals surface area contributed by atoms with Crippen LogP contribution in [-0.4, -0.2) is 24.7 Å². The predicted molar refractivity (Wildman–Crippen MR) is 85.4 cm³/mol. The van der Waals surface area contributed by atoms with Crippen LogP contribution in [0, 0.1) is 5.82 Å². The molecule has 1 aliphatic rings. The van der Waals surface area contributed by atoms with Crippen LogP contribution in [0.4, 0.5) is 17.6 Å². The number of benzene rings is 1. The van der Waals surface area contributed by atoms with Crippen LogP contribution in [0.5, 0.6) is 0 Å². The summed E-state index contributed by atoms with van der Waals surface area (Å²) in [6, 6.07) is 5.44. The molecule has 2 aromatic rings. The van der Waals surface area contributed by atoms with Gasteiger partial charge in [0, 0.05) is 24.7 Å². The van der Waals surface area contributed by atoms with Crippen LogP contribution in [0.15, 0.2) is 35.2 Å². The zero-order valence-corrected chi connectivity index (χ0v) is 14.4. The van der Waals surface area contributed by atoms with Crippen LogP contribution >= 0.6 is 0 Å². The first-order chi connectivity index (χ1) is 12.2. The van der Waals surface area contributed by atoms with E-state index in [-0.39, 0.29) is 30.3 Å². The van der Waals surface area contributed by atoms with E-state index in [0.29, 0.717) is 5.69 Å². The molecular weight excluding hydrogens is 374 g/mol. The lowest BCUT2D eigenvalue weighted by molar-refractivity contribution is -0.141. The largest absolute Gasteiger partial charge is 0.435 e. The molecule has 1 saturated carbocycles. The molecule has 26 heavy (non-hydrogen) atoms. The Kier molecular flexibility index (Phi) is 5.07. The van der Waals surface area contributed by atoms with Gasteiger partial charge in [-0.15, -0.1) is 0 Å². The summed E-state index contributed by atoms with van der Waals surface area (Å²) in [5.41, 5.74) is -0.384. The highest BCUT2D eigenvalue weighted by molar-refractivity contribution is 7.89. The minimum Gasteiger partial charge on any atom is -0.269 e. The highest BCUT2D eigenvalue weighted by atomic mass is 32.2. The molecule has 0 saturated heterocycles. The summed E-state index contributed by atoms with van der Waals surface area (Å²) in [7, 11) is -3.79. The molecule has 0 radical (unpaired) electrons. The molecule has 5 nitrogen and oxygen atoms in total. The maximum atomic E-state index is 12.9. The van der Waals surface area contributed by atoms with Crippen LogP contribution in [0.2, 0.25) is 0 Å². The van der Waals surface area contributed by atoms with Crippen LogP contribution < -0.4 is 4.72 Å². The number of hydrogen-bond acceptors (Lipinski definition) is 3. The van der Waals surface area contributed by atoms with E-state index in [9.17, 15) is 26.0 Å². The summed E-state index contributed by atoms with van der Waals surface area (Å²) >= 11 is 0. The first-order valence-corrected chi connectivity index (χ1v) is 9.55. The zero-order chi connectivity index (χ0) is 18.9.